The highest BCUT2D eigenvalue weighted by molar-refractivity contribution is 7.71. The number of hydrogen-bond donors (Lipinski definition) is 1. The molecule has 2 heterocycles. The van der Waals surface area contributed by atoms with E-state index in [1.807, 2.05) is 6.20 Å². The average molecular weight is 273 g/mol. The Kier molecular flexibility index (Phi) is 3.42. The molecule has 4 heteroatoms. The van der Waals surface area contributed by atoms with E-state index in [-0.39, 0.29) is 0 Å². The lowest BCUT2D eigenvalue weighted by molar-refractivity contribution is 0.578. The fraction of sp³-hybridized carbons (Fsp3) is 0.400. The van der Waals surface area contributed by atoms with E-state index in [2.05, 4.69) is 45.6 Å². The minimum atomic E-state index is 0.753. The molecule has 0 spiro atoms. The number of nitrogens with one attached hydrogen (secondary N) is 1. The first-order valence-electron chi connectivity index (χ1n) is 6.88. The van der Waals surface area contributed by atoms with Gasteiger partial charge in [-0.15, -0.1) is 0 Å². The molecule has 1 aromatic heterocycles. The molecule has 0 bridgehead atoms. The summed E-state index contributed by atoms with van der Waals surface area (Å²) >= 11 is 5.31. The minimum Gasteiger partial charge on any atom is -0.372 e. The van der Waals surface area contributed by atoms with Crippen LogP contribution in [-0.2, 0) is 0 Å². The van der Waals surface area contributed by atoms with Crippen LogP contribution in [0.3, 0.4) is 0 Å². The number of anilines is 1. The number of aromatic amines is 1. The van der Waals surface area contributed by atoms with E-state index in [0.29, 0.717) is 0 Å². The summed E-state index contributed by atoms with van der Waals surface area (Å²) in [7, 11) is 0. The normalized spacial score (nSPS) is 15.7. The van der Waals surface area contributed by atoms with Crippen molar-refractivity contribution in [2.75, 3.05) is 18.0 Å². The van der Waals surface area contributed by atoms with Gasteiger partial charge in [-0.25, -0.2) is 0 Å². The highest BCUT2D eigenvalue weighted by Gasteiger charge is 2.11. The lowest BCUT2D eigenvalue weighted by atomic mass is 10.1. The molecule has 0 amide bonds. The molecule has 2 aromatic rings. The van der Waals surface area contributed by atoms with E-state index in [4.69, 9.17) is 12.2 Å². The van der Waals surface area contributed by atoms with Crippen molar-refractivity contribution in [2.45, 2.75) is 26.2 Å². The molecule has 1 saturated heterocycles. The predicted molar refractivity (Wildman–Crippen MR) is 81.8 cm³/mol. The topological polar surface area (TPSA) is 24.0 Å². The zero-order valence-corrected chi connectivity index (χ0v) is 12.0. The third-order valence-corrected chi connectivity index (χ3v) is 4.09. The molecule has 0 radical (unpaired) electrons. The molecule has 3 rings (SSSR count). The SMILES string of the molecule is Cc1c[nH]c(=S)n1-c1ccc(N2CCCCC2)cc1. The molecular weight excluding hydrogens is 254 g/mol. The number of H-pyrrole nitrogens is 1. The Labute approximate surface area is 118 Å². The number of aryl methyl sites for hydroxylation is 1. The Hall–Kier alpha value is -1.55. The van der Waals surface area contributed by atoms with Gasteiger partial charge in [0.25, 0.3) is 0 Å². The van der Waals surface area contributed by atoms with Gasteiger partial charge in [0.15, 0.2) is 4.77 Å². The van der Waals surface area contributed by atoms with Gasteiger partial charge in [-0.1, -0.05) is 0 Å². The maximum Gasteiger partial charge on any atom is 0.182 e. The Morgan fingerprint density at radius 3 is 2.21 bits per heavy atom. The number of hydrogen-bond acceptors (Lipinski definition) is 2. The Morgan fingerprint density at radius 2 is 1.63 bits per heavy atom. The Balaban J connectivity index is 1.88. The second kappa shape index (κ2) is 5.21. The van der Waals surface area contributed by atoms with Gasteiger partial charge in [0.1, 0.15) is 0 Å². The van der Waals surface area contributed by atoms with Crippen LogP contribution in [0, 0.1) is 11.7 Å². The summed E-state index contributed by atoms with van der Waals surface area (Å²) in [6, 6.07) is 8.71. The van der Waals surface area contributed by atoms with Gasteiger partial charge in [0.2, 0.25) is 0 Å². The fourth-order valence-electron chi connectivity index (χ4n) is 2.74. The van der Waals surface area contributed by atoms with Crippen LogP contribution in [0.4, 0.5) is 5.69 Å². The average Bonchev–Trinajstić information content (AvgIpc) is 2.79. The lowest BCUT2D eigenvalue weighted by Gasteiger charge is -2.28. The first kappa shape index (κ1) is 12.5. The van der Waals surface area contributed by atoms with Crippen LogP contribution in [0.2, 0.25) is 0 Å². The first-order chi connectivity index (χ1) is 9.25. The number of piperidine rings is 1. The van der Waals surface area contributed by atoms with Crippen LogP contribution in [0.15, 0.2) is 30.5 Å². The maximum absolute atomic E-state index is 5.31. The van der Waals surface area contributed by atoms with E-state index in [0.717, 1.165) is 16.2 Å². The van der Waals surface area contributed by atoms with Gasteiger partial charge >= 0.3 is 0 Å². The molecule has 1 aromatic carbocycles. The third-order valence-electron chi connectivity index (χ3n) is 3.79. The van der Waals surface area contributed by atoms with Crippen molar-refractivity contribution in [1.29, 1.82) is 0 Å². The van der Waals surface area contributed by atoms with E-state index in [1.165, 1.54) is 38.0 Å². The van der Waals surface area contributed by atoms with Crippen molar-refractivity contribution >= 4 is 17.9 Å². The van der Waals surface area contributed by atoms with Crippen molar-refractivity contribution in [3.8, 4) is 5.69 Å². The van der Waals surface area contributed by atoms with Crippen molar-refractivity contribution in [3.63, 3.8) is 0 Å². The summed E-state index contributed by atoms with van der Waals surface area (Å²) in [6.45, 7) is 4.43. The second-order valence-corrected chi connectivity index (χ2v) is 5.52. The van der Waals surface area contributed by atoms with Gasteiger partial charge in [-0.05, 0) is 62.7 Å². The summed E-state index contributed by atoms with van der Waals surface area (Å²) in [4.78, 5) is 5.55. The molecule has 1 aliphatic heterocycles. The highest BCUT2D eigenvalue weighted by Crippen LogP contribution is 2.22. The highest BCUT2D eigenvalue weighted by atomic mass is 32.1. The molecule has 1 fully saturated rings. The molecule has 0 saturated carbocycles. The minimum absolute atomic E-state index is 0.753. The molecule has 1 N–H and O–H groups in total. The van der Waals surface area contributed by atoms with Crippen molar-refractivity contribution in [1.82, 2.24) is 9.55 Å². The van der Waals surface area contributed by atoms with Crippen LogP contribution >= 0.6 is 12.2 Å². The first-order valence-corrected chi connectivity index (χ1v) is 7.29. The number of aromatic nitrogens is 2. The zero-order valence-electron chi connectivity index (χ0n) is 11.2. The van der Waals surface area contributed by atoms with Crippen LogP contribution < -0.4 is 4.90 Å². The summed E-state index contributed by atoms with van der Waals surface area (Å²) in [6.07, 6.45) is 5.93. The van der Waals surface area contributed by atoms with Crippen LogP contribution in [-0.4, -0.2) is 22.6 Å². The van der Waals surface area contributed by atoms with Gasteiger partial charge < -0.3 is 9.88 Å². The molecular formula is C15H19N3S. The molecule has 19 heavy (non-hydrogen) atoms. The van der Waals surface area contributed by atoms with Gasteiger partial charge in [0, 0.05) is 36.4 Å². The third kappa shape index (κ3) is 2.45. The standard InChI is InChI=1S/C15H19N3S/c1-12-11-16-15(19)18(12)14-7-5-13(6-8-14)17-9-3-2-4-10-17/h5-8,11H,2-4,9-10H2,1H3,(H,16,19). The van der Waals surface area contributed by atoms with E-state index < -0.39 is 0 Å². The summed E-state index contributed by atoms with van der Waals surface area (Å²) < 4.78 is 2.82. The molecule has 3 nitrogen and oxygen atoms in total. The predicted octanol–water partition coefficient (Wildman–Crippen LogP) is 3.83. The van der Waals surface area contributed by atoms with Crippen molar-refractivity contribution in [2.24, 2.45) is 0 Å². The molecule has 0 aliphatic carbocycles. The van der Waals surface area contributed by atoms with E-state index in [9.17, 15) is 0 Å². The summed E-state index contributed by atoms with van der Waals surface area (Å²) in [5.74, 6) is 0. The van der Waals surface area contributed by atoms with Gasteiger partial charge in [-0.2, -0.15) is 0 Å². The number of imidazole rings is 1. The Morgan fingerprint density at radius 1 is 1.00 bits per heavy atom. The summed E-state index contributed by atoms with van der Waals surface area (Å²) in [5.41, 5.74) is 3.59. The van der Waals surface area contributed by atoms with Gasteiger partial charge in [0.05, 0.1) is 0 Å². The number of rotatable bonds is 2. The van der Waals surface area contributed by atoms with Crippen LogP contribution in [0.1, 0.15) is 25.0 Å². The fourth-order valence-corrected chi connectivity index (χ4v) is 3.05. The number of benzene rings is 1. The van der Waals surface area contributed by atoms with Crippen molar-refractivity contribution in [3.05, 3.63) is 40.9 Å². The summed E-state index contributed by atoms with van der Waals surface area (Å²) in [5, 5.41) is 0. The largest absolute Gasteiger partial charge is 0.372 e. The number of nitrogens with zero attached hydrogens (tertiary/aromatic N) is 2. The Bertz CT molecular complexity index is 603. The maximum atomic E-state index is 5.31. The monoisotopic (exact) mass is 273 g/mol. The zero-order chi connectivity index (χ0) is 13.2. The van der Waals surface area contributed by atoms with E-state index in [1.54, 1.807) is 0 Å². The second-order valence-electron chi connectivity index (χ2n) is 5.13. The van der Waals surface area contributed by atoms with E-state index >= 15 is 0 Å². The lowest BCUT2D eigenvalue weighted by Crippen LogP contribution is -2.29. The molecule has 0 unspecified atom stereocenters. The van der Waals surface area contributed by atoms with Crippen LogP contribution in [0.25, 0.3) is 5.69 Å². The van der Waals surface area contributed by atoms with Crippen molar-refractivity contribution < 1.29 is 0 Å². The van der Waals surface area contributed by atoms with Crippen LogP contribution in [0.5, 0.6) is 0 Å². The van der Waals surface area contributed by atoms with Gasteiger partial charge in [-0.3, -0.25) is 4.57 Å². The molecule has 100 valence electrons. The quantitative estimate of drug-likeness (QED) is 0.841. The molecule has 1 aliphatic rings. The molecule has 0 atom stereocenters. The smallest absolute Gasteiger partial charge is 0.182 e.